The molecule has 0 aliphatic heterocycles. The summed E-state index contributed by atoms with van der Waals surface area (Å²) in [7, 11) is 6.76. The predicted molar refractivity (Wildman–Crippen MR) is 161 cm³/mol. The Morgan fingerprint density at radius 2 is 0.816 bits per heavy atom. The Morgan fingerprint density at radius 1 is 0.474 bits per heavy atom. The van der Waals surface area contributed by atoms with Gasteiger partial charge < -0.3 is 14.7 Å². The van der Waals surface area contributed by atoms with Crippen molar-refractivity contribution in [3.8, 4) is 0 Å². The van der Waals surface area contributed by atoms with Gasteiger partial charge in [0.05, 0.1) is 0 Å². The van der Waals surface area contributed by atoms with E-state index < -0.39 is 0 Å². The summed E-state index contributed by atoms with van der Waals surface area (Å²) in [5.74, 6) is 1.89. The van der Waals surface area contributed by atoms with Crippen LogP contribution < -0.4 is 0 Å². The summed E-state index contributed by atoms with van der Waals surface area (Å²) in [5, 5.41) is 0. The molecule has 0 atom stereocenters. The maximum atomic E-state index is 2.48. The van der Waals surface area contributed by atoms with Crippen LogP contribution in [0.1, 0.15) is 22.3 Å². The van der Waals surface area contributed by atoms with E-state index in [0.717, 1.165) is 39.3 Å². The fourth-order valence-corrected chi connectivity index (χ4v) is 5.30. The minimum Gasteiger partial charge on any atom is -0.302 e. The molecular formula is C35H42N3. The maximum Gasteiger partial charge on any atom is 0.0245 e. The summed E-state index contributed by atoms with van der Waals surface area (Å²) in [6.07, 6.45) is 0. The Balaban J connectivity index is 1.55. The van der Waals surface area contributed by atoms with E-state index in [0.29, 0.717) is 5.92 Å². The fourth-order valence-electron chi connectivity index (χ4n) is 5.30. The molecule has 0 N–H and O–H groups in total. The summed E-state index contributed by atoms with van der Waals surface area (Å²) in [5.41, 5.74) is 5.41. The van der Waals surface area contributed by atoms with Crippen molar-refractivity contribution in [2.75, 3.05) is 40.8 Å². The summed E-state index contributed by atoms with van der Waals surface area (Å²) in [6.45, 7) is 5.75. The molecular weight excluding hydrogens is 462 g/mol. The van der Waals surface area contributed by atoms with Crippen molar-refractivity contribution in [2.45, 2.75) is 19.6 Å². The van der Waals surface area contributed by atoms with Gasteiger partial charge in [-0.15, -0.1) is 0 Å². The molecule has 197 valence electrons. The minimum atomic E-state index is 0.387. The molecule has 0 saturated heterocycles. The second-order valence-corrected chi connectivity index (χ2v) is 10.6. The van der Waals surface area contributed by atoms with Crippen molar-refractivity contribution in [2.24, 2.45) is 5.92 Å². The third-order valence-corrected chi connectivity index (χ3v) is 7.03. The second-order valence-electron chi connectivity index (χ2n) is 10.6. The first kappa shape index (κ1) is 27.8. The molecule has 3 nitrogen and oxygen atoms in total. The van der Waals surface area contributed by atoms with Crippen LogP contribution in [0.4, 0.5) is 0 Å². The van der Waals surface area contributed by atoms with Gasteiger partial charge in [-0.3, -0.25) is 0 Å². The van der Waals surface area contributed by atoms with Crippen LogP contribution in [0.2, 0.25) is 0 Å². The third kappa shape index (κ3) is 8.95. The lowest BCUT2D eigenvalue weighted by molar-refractivity contribution is 0.202. The van der Waals surface area contributed by atoms with Gasteiger partial charge in [-0.1, -0.05) is 121 Å². The van der Waals surface area contributed by atoms with Crippen LogP contribution in [0, 0.1) is 11.8 Å². The number of hydrogen-bond donors (Lipinski definition) is 0. The summed E-state index contributed by atoms with van der Waals surface area (Å²) in [6, 6.07) is 43.4. The zero-order chi connectivity index (χ0) is 26.6. The van der Waals surface area contributed by atoms with Crippen LogP contribution >= 0.6 is 0 Å². The normalized spacial score (nSPS) is 11.8. The molecule has 0 saturated carbocycles. The lowest BCUT2D eigenvalue weighted by Crippen LogP contribution is -2.40. The van der Waals surface area contributed by atoms with Gasteiger partial charge >= 0.3 is 0 Å². The largest absolute Gasteiger partial charge is 0.302 e. The van der Waals surface area contributed by atoms with Gasteiger partial charge in [0, 0.05) is 45.2 Å². The Hall–Kier alpha value is -3.24. The van der Waals surface area contributed by atoms with E-state index in [1.54, 1.807) is 0 Å². The molecule has 4 aromatic carbocycles. The highest BCUT2D eigenvalue weighted by atomic mass is 15.1. The zero-order valence-electron chi connectivity index (χ0n) is 23.2. The van der Waals surface area contributed by atoms with E-state index in [-0.39, 0.29) is 0 Å². The summed E-state index contributed by atoms with van der Waals surface area (Å²) < 4.78 is 0. The number of likely N-dealkylation sites (N-methyl/N-ethyl adjacent to an activating group) is 1. The van der Waals surface area contributed by atoms with Crippen molar-refractivity contribution in [1.82, 2.24) is 14.7 Å². The molecule has 0 aliphatic carbocycles. The minimum absolute atomic E-state index is 0.387. The lowest BCUT2D eigenvalue weighted by atomic mass is 9.84. The SMILES string of the molecule is CN(C[C](c1ccccc1)C(CN(C)Cc1ccccc1)CN(C)Cc1ccccc1)Cc1ccccc1. The quantitative estimate of drug-likeness (QED) is 0.191. The number of benzene rings is 4. The average molecular weight is 505 g/mol. The van der Waals surface area contributed by atoms with Gasteiger partial charge in [0.1, 0.15) is 0 Å². The number of rotatable bonds is 14. The highest BCUT2D eigenvalue weighted by molar-refractivity contribution is 5.33. The van der Waals surface area contributed by atoms with Gasteiger partial charge in [0.25, 0.3) is 0 Å². The molecule has 4 aromatic rings. The Morgan fingerprint density at radius 3 is 1.21 bits per heavy atom. The summed E-state index contributed by atoms with van der Waals surface area (Å²) >= 11 is 0. The molecule has 38 heavy (non-hydrogen) atoms. The fraction of sp³-hybridized carbons (Fsp3) is 0.286. The van der Waals surface area contributed by atoms with Crippen molar-refractivity contribution < 1.29 is 0 Å². The van der Waals surface area contributed by atoms with Crippen LogP contribution in [0.15, 0.2) is 121 Å². The number of nitrogens with zero attached hydrogens (tertiary/aromatic N) is 3. The average Bonchev–Trinajstić information content (AvgIpc) is 2.93. The smallest absolute Gasteiger partial charge is 0.0245 e. The molecule has 0 heterocycles. The van der Waals surface area contributed by atoms with E-state index in [1.165, 1.54) is 28.2 Å². The van der Waals surface area contributed by atoms with E-state index in [9.17, 15) is 0 Å². The van der Waals surface area contributed by atoms with Crippen molar-refractivity contribution >= 4 is 0 Å². The first-order valence-corrected chi connectivity index (χ1v) is 13.7. The first-order chi connectivity index (χ1) is 18.6. The standard InChI is InChI=1S/C35H42N3/c1-36(24-30-16-8-4-9-17-30)27-34(28-37(2)25-31-18-10-5-11-19-31)35(33-22-14-7-15-23-33)29-38(3)26-32-20-12-6-13-21-32/h4-23,34H,24-29H2,1-3H3. The third-order valence-electron chi connectivity index (χ3n) is 7.03. The van der Waals surface area contributed by atoms with Gasteiger partial charge in [0.2, 0.25) is 0 Å². The molecule has 0 aromatic heterocycles. The molecule has 0 bridgehead atoms. The Kier molecular flexibility index (Phi) is 10.7. The van der Waals surface area contributed by atoms with Crippen molar-refractivity contribution in [3.63, 3.8) is 0 Å². The molecule has 0 aliphatic rings. The van der Waals surface area contributed by atoms with Crippen LogP contribution in [-0.2, 0) is 19.6 Å². The molecule has 0 unspecified atom stereocenters. The van der Waals surface area contributed by atoms with Gasteiger partial charge in [-0.25, -0.2) is 0 Å². The van der Waals surface area contributed by atoms with Gasteiger partial charge in [-0.05, 0) is 49.3 Å². The van der Waals surface area contributed by atoms with Crippen molar-refractivity contribution in [1.29, 1.82) is 0 Å². The summed E-state index contributed by atoms with van der Waals surface area (Å²) in [4.78, 5) is 7.42. The monoisotopic (exact) mass is 504 g/mol. The molecule has 0 fully saturated rings. The Bertz CT molecular complexity index is 1120. The molecule has 1 radical (unpaired) electrons. The molecule has 0 spiro atoms. The zero-order valence-corrected chi connectivity index (χ0v) is 23.2. The van der Waals surface area contributed by atoms with Crippen LogP contribution in [0.5, 0.6) is 0 Å². The van der Waals surface area contributed by atoms with Crippen LogP contribution in [0.3, 0.4) is 0 Å². The van der Waals surface area contributed by atoms with E-state index in [1.807, 2.05) is 0 Å². The molecule has 4 rings (SSSR count). The number of hydrogen-bond acceptors (Lipinski definition) is 3. The predicted octanol–water partition coefficient (Wildman–Crippen LogP) is 6.62. The second kappa shape index (κ2) is 14.6. The van der Waals surface area contributed by atoms with Crippen LogP contribution in [0.25, 0.3) is 0 Å². The highest BCUT2D eigenvalue weighted by Crippen LogP contribution is 2.28. The van der Waals surface area contributed by atoms with Crippen LogP contribution in [-0.4, -0.2) is 55.5 Å². The van der Waals surface area contributed by atoms with Gasteiger partial charge in [-0.2, -0.15) is 0 Å². The van der Waals surface area contributed by atoms with E-state index >= 15 is 0 Å². The first-order valence-electron chi connectivity index (χ1n) is 13.7. The van der Waals surface area contributed by atoms with Crippen molar-refractivity contribution in [3.05, 3.63) is 149 Å². The highest BCUT2D eigenvalue weighted by Gasteiger charge is 2.28. The topological polar surface area (TPSA) is 9.72 Å². The van der Waals surface area contributed by atoms with E-state index in [4.69, 9.17) is 0 Å². The lowest BCUT2D eigenvalue weighted by Gasteiger charge is -2.36. The van der Waals surface area contributed by atoms with Gasteiger partial charge in [0.15, 0.2) is 0 Å². The molecule has 3 heteroatoms. The maximum absolute atomic E-state index is 2.48. The van der Waals surface area contributed by atoms with E-state index in [2.05, 4.69) is 157 Å². The molecule has 0 amide bonds. The Labute approximate surface area is 230 Å².